The molecule has 160 valence electrons. The number of amides is 1. The highest BCUT2D eigenvalue weighted by molar-refractivity contribution is 5.67. The van der Waals surface area contributed by atoms with Gasteiger partial charge in [-0.1, -0.05) is 60.7 Å². The predicted molar refractivity (Wildman–Crippen MR) is 120 cm³/mol. The molecule has 1 atom stereocenters. The largest absolute Gasteiger partial charge is 0.444 e. The van der Waals surface area contributed by atoms with Crippen LogP contribution in [-0.4, -0.2) is 37.9 Å². The van der Waals surface area contributed by atoms with Gasteiger partial charge in [0, 0.05) is 38.0 Å². The van der Waals surface area contributed by atoms with Gasteiger partial charge in [0.05, 0.1) is 0 Å². The Labute approximate surface area is 174 Å². The molecule has 1 amide bonds. The van der Waals surface area contributed by atoms with Gasteiger partial charge in [-0.25, -0.2) is 4.79 Å². The highest BCUT2D eigenvalue weighted by atomic mass is 16.6. The average molecular weight is 401 g/mol. The summed E-state index contributed by atoms with van der Waals surface area (Å²) < 4.78 is 5.18. The molecule has 2 aromatic carbocycles. The van der Waals surface area contributed by atoms with E-state index in [0.29, 0.717) is 32.1 Å². The summed E-state index contributed by atoms with van der Waals surface area (Å²) in [5, 5.41) is 2.75. The highest BCUT2D eigenvalue weighted by Gasteiger charge is 2.17. The molecule has 0 heterocycles. The van der Waals surface area contributed by atoms with E-state index in [9.17, 15) is 4.79 Å². The number of carbonyl (C=O) groups excluding carboxylic acids is 1. The van der Waals surface area contributed by atoms with E-state index in [1.807, 2.05) is 69.3 Å². The van der Waals surface area contributed by atoms with Crippen molar-refractivity contribution >= 4 is 6.09 Å². The summed E-state index contributed by atoms with van der Waals surface area (Å²) in [6.07, 6.45) is -0.406. The van der Waals surface area contributed by atoms with Crippen molar-refractivity contribution in [3.63, 3.8) is 0 Å². The molecule has 0 saturated heterocycles. The van der Waals surface area contributed by atoms with Crippen LogP contribution >= 0.6 is 0 Å². The number of hydrogen-bond acceptors (Lipinski definition) is 5. The molecule has 0 aromatic heterocycles. The van der Waals surface area contributed by atoms with E-state index in [0.717, 1.165) is 5.56 Å². The summed E-state index contributed by atoms with van der Waals surface area (Å²) in [6, 6.07) is 20.0. The van der Waals surface area contributed by atoms with E-state index in [-0.39, 0.29) is 5.92 Å². The second-order valence-electron chi connectivity index (χ2n) is 7.81. The third-order valence-corrected chi connectivity index (χ3v) is 4.29. The third-order valence-electron chi connectivity index (χ3n) is 4.29. The lowest BCUT2D eigenvalue weighted by molar-refractivity contribution is 0.0525. The topological polar surface area (TPSA) is 116 Å². The van der Waals surface area contributed by atoms with Crippen molar-refractivity contribution < 1.29 is 9.53 Å². The van der Waals surface area contributed by atoms with Crippen molar-refractivity contribution in [3.05, 3.63) is 71.8 Å². The van der Waals surface area contributed by atoms with Gasteiger partial charge in [-0.15, -0.1) is 0 Å². The van der Waals surface area contributed by atoms with Gasteiger partial charge >= 0.3 is 6.09 Å². The molecule has 2 aromatic rings. The van der Waals surface area contributed by atoms with Crippen molar-refractivity contribution in [1.82, 2.24) is 5.32 Å². The summed E-state index contributed by atoms with van der Waals surface area (Å²) >= 11 is 0. The van der Waals surface area contributed by atoms with Gasteiger partial charge in [0.2, 0.25) is 0 Å². The molecule has 7 N–H and O–H groups in total. The van der Waals surface area contributed by atoms with Crippen LogP contribution in [0.4, 0.5) is 4.79 Å². The minimum Gasteiger partial charge on any atom is -0.444 e. The molecule has 0 fully saturated rings. The minimum atomic E-state index is -0.477. The molecule has 6 nitrogen and oxygen atoms in total. The lowest BCUT2D eigenvalue weighted by Gasteiger charge is -2.21. The summed E-state index contributed by atoms with van der Waals surface area (Å²) in [6.45, 7) is 7.73. The van der Waals surface area contributed by atoms with Crippen LogP contribution in [0.25, 0.3) is 0 Å². The molecule has 0 radical (unpaired) electrons. The Bertz CT molecular complexity index is 683. The fourth-order valence-electron chi connectivity index (χ4n) is 2.68. The van der Waals surface area contributed by atoms with Gasteiger partial charge in [-0.2, -0.15) is 0 Å². The number of alkyl carbamates (subject to hydrolysis) is 1. The minimum absolute atomic E-state index is 0.110. The maximum Gasteiger partial charge on any atom is 0.407 e. The molecule has 0 spiro atoms. The summed E-state index contributed by atoms with van der Waals surface area (Å²) in [4.78, 5) is 11.5. The smallest absolute Gasteiger partial charge is 0.407 e. The average Bonchev–Trinajstić information content (AvgIpc) is 2.70. The van der Waals surface area contributed by atoms with Crippen LogP contribution in [0.2, 0.25) is 0 Å². The number of rotatable bonds is 7. The normalized spacial score (nSPS) is 12.0. The maximum absolute atomic E-state index is 11.5. The van der Waals surface area contributed by atoms with E-state index in [2.05, 4.69) is 17.4 Å². The molecular weight excluding hydrogens is 364 g/mol. The first-order valence-electron chi connectivity index (χ1n) is 9.97. The zero-order valence-electron chi connectivity index (χ0n) is 17.8. The Morgan fingerprint density at radius 2 is 1.24 bits per heavy atom. The standard InChI is InChI=1S/C14H22N2O2.C9H14N2/c1-14(2,3)18-13(17)16-10-12(9-15)11-7-5-4-6-8-11;10-6-9(7-11)8-4-2-1-3-5-8/h4-8,12H,9-10,15H2,1-3H3,(H,16,17);1-5,9H,6-7,10-11H2. The molecule has 0 aliphatic carbocycles. The fourth-order valence-corrected chi connectivity index (χ4v) is 2.68. The van der Waals surface area contributed by atoms with Crippen LogP contribution in [-0.2, 0) is 4.74 Å². The number of nitrogens with one attached hydrogen (secondary N) is 1. The number of benzene rings is 2. The quantitative estimate of drug-likeness (QED) is 0.570. The zero-order chi connectivity index (χ0) is 21.7. The second-order valence-corrected chi connectivity index (χ2v) is 7.81. The molecule has 6 heteroatoms. The Hall–Kier alpha value is -2.41. The molecule has 29 heavy (non-hydrogen) atoms. The van der Waals surface area contributed by atoms with Gasteiger partial charge in [-0.3, -0.25) is 0 Å². The Morgan fingerprint density at radius 3 is 1.62 bits per heavy atom. The molecule has 0 aliphatic rings. The molecule has 1 unspecified atom stereocenters. The van der Waals surface area contributed by atoms with Crippen molar-refractivity contribution in [3.8, 4) is 0 Å². The molecule has 2 rings (SSSR count). The maximum atomic E-state index is 11.5. The van der Waals surface area contributed by atoms with Crippen molar-refractivity contribution in [2.24, 2.45) is 17.2 Å². The highest BCUT2D eigenvalue weighted by Crippen LogP contribution is 2.13. The van der Waals surface area contributed by atoms with Gasteiger partial charge in [0.25, 0.3) is 0 Å². The van der Waals surface area contributed by atoms with Crippen LogP contribution in [0.3, 0.4) is 0 Å². The van der Waals surface area contributed by atoms with Gasteiger partial charge in [0.1, 0.15) is 5.60 Å². The zero-order valence-corrected chi connectivity index (χ0v) is 17.8. The summed E-state index contributed by atoms with van der Waals surface area (Å²) in [5.74, 6) is 0.426. The second kappa shape index (κ2) is 12.9. The van der Waals surface area contributed by atoms with Crippen LogP contribution in [0.15, 0.2) is 60.7 Å². The Morgan fingerprint density at radius 1 is 0.828 bits per heavy atom. The Balaban J connectivity index is 0.000000326. The first-order chi connectivity index (χ1) is 13.8. The SMILES string of the molecule is CC(C)(C)OC(=O)NCC(CN)c1ccccc1.NCC(CN)c1ccccc1. The van der Waals surface area contributed by atoms with E-state index < -0.39 is 11.7 Å². The fraction of sp³-hybridized carbons (Fsp3) is 0.435. The van der Waals surface area contributed by atoms with Gasteiger partial charge in [0.15, 0.2) is 0 Å². The Kier molecular flexibility index (Phi) is 11.0. The van der Waals surface area contributed by atoms with Crippen molar-refractivity contribution in [2.75, 3.05) is 26.2 Å². The van der Waals surface area contributed by atoms with E-state index in [4.69, 9.17) is 21.9 Å². The lowest BCUT2D eigenvalue weighted by Crippen LogP contribution is -2.36. The molecule has 0 aliphatic heterocycles. The predicted octanol–water partition coefficient (Wildman–Crippen LogP) is 2.94. The third kappa shape index (κ3) is 10.1. The van der Waals surface area contributed by atoms with Crippen LogP contribution < -0.4 is 22.5 Å². The monoisotopic (exact) mass is 400 g/mol. The molecule has 0 bridgehead atoms. The van der Waals surface area contributed by atoms with Crippen molar-refractivity contribution in [1.29, 1.82) is 0 Å². The molecular formula is C23H36N4O2. The lowest BCUT2D eigenvalue weighted by atomic mass is 9.99. The molecule has 0 saturated carbocycles. The number of nitrogens with two attached hydrogens (primary N) is 3. The van der Waals surface area contributed by atoms with E-state index >= 15 is 0 Å². The van der Waals surface area contributed by atoms with E-state index in [1.54, 1.807) is 0 Å². The van der Waals surface area contributed by atoms with Crippen molar-refractivity contribution in [2.45, 2.75) is 38.2 Å². The van der Waals surface area contributed by atoms with Gasteiger partial charge in [-0.05, 0) is 31.9 Å². The summed E-state index contributed by atoms with van der Waals surface area (Å²) in [7, 11) is 0. The van der Waals surface area contributed by atoms with Gasteiger partial charge < -0.3 is 27.3 Å². The first kappa shape index (κ1) is 24.6. The van der Waals surface area contributed by atoms with E-state index in [1.165, 1.54) is 5.56 Å². The number of hydrogen-bond donors (Lipinski definition) is 4. The first-order valence-corrected chi connectivity index (χ1v) is 9.97. The van der Waals surface area contributed by atoms with Crippen LogP contribution in [0, 0.1) is 0 Å². The van der Waals surface area contributed by atoms with Crippen LogP contribution in [0.5, 0.6) is 0 Å². The number of carbonyl (C=O) groups is 1. The number of ether oxygens (including phenoxy) is 1. The van der Waals surface area contributed by atoms with Crippen LogP contribution in [0.1, 0.15) is 43.7 Å². The summed E-state index contributed by atoms with van der Waals surface area (Å²) in [5.41, 5.74) is 18.7.